The summed E-state index contributed by atoms with van der Waals surface area (Å²) in [5, 5.41) is 12.6. The highest BCUT2D eigenvalue weighted by molar-refractivity contribution is 5.78. The van der Waals surface area contributed by atoms with Crippen molar-refractivity contribution < 1.29 is 19.4 Å². The molecule has 0 radical (unpaired) electrons. The monoisotopic (exact) mass is 375 g/mol. The van der Waals surface area contributed by atoms with Gasteiger partial charge in [-0.2, -0.15) is 0 Å². The van der Waals surface area contributed by atoms with E-state index in [1.54, 1.807) is 6.20 Å². The normalized spacial score (nSPS) is 25.8. The molecule has 0 spiro atoms. The average molecular weight is 375 g/mol. The van der Waals surface area contributed by atoms with E-state index in [0.717, 1.165) is 25.9 Å². The van der Waals surface area contributed by atoms with Crippen molar-refractivity contribution in [1.29, 1.82) is 0 Å². The summed E-state index contributed by atoms with van der Waals surface area (Å²) in [5.74, 6) is -0.00220. The smallest absolute Gasteiger partial charge is 0.226 e. The van der Waals surface area contributed by atoms with Gasteiger partial charge in [-0.05, 0) is 44.2 Å². The molecule has 2 aliphatic heterocycles. The first-order valence-electron chi connectivity index (χ1n) is 9.89. The molecule has 2 saturated heterocycles. The third kappa shape index (κ3) is 5.74. The molecule has 2 aliphatic rings. The molecule has 7 nitrogen and oxygen atoms in total. The molecule has 1 aromatic heterocycles. The Balaban J connectivity index is 1.47. The lowest BCUT2D eigenvalue weighted by Gasteiger charge is -2.37. The molecule has 0 bridgehead atoms. The molecule has 2 fully saturated rings. The first-order valence-corrected chi connectivity index (χ1v) is 9.89. The van der Waals surface area contributed by atoms with Crippen molar-refractivity contribution in [3.05, 3.63) is 30.1 Å². The number of aliphatic hydroxyl groups excluding tert-OH is 1. The summed E-state index contributed by atoms with van der Waals surface area (Å²) in [5.41, 5.74) is 0.706. The summed E-state index contributed by atoms with van der Waals surface area (Å²) in [7, 11) is 0. The lowest BCUT2D eigenvalue weighted by atomic mass is 9.96. The Morgan fingerprint density at radius 2 is 2.04 bits per heavy atom. The first kappa shape index (κ1) is 19.8. The Bertz CT molecular complexity index is 619. The second-order valence-electron chi connectivity index (χ2n) is 7.37. The van der Waals surface area contributed by atoms with Crippen LogP contribution in [0.25, 0.3) is 0 Å². The van der Waals surface area contributed by atoms with Gasteiger partial charge in [0.1, 0.15) is 6.10 Å². The number of ether oxygens (including phenoxy) is 1. The lowest BCUT2D eigenvalue weighted by molar-refractivity contribution is -0.143. The molecule has 1 aromatic rings. The quantitative estimate of drug-likeness (QED) is 0.775. The summed E-state index contributed by atoms with van der Waals surface area (Å²) in [4.78, 5) is 30.8. The molecule has 3 rings (SSSR count). The summed E-state index contributed by atoms with van der Waals surface area (Å²) in [6.45, 7) is 1.49. The third-order valence-corrected chi connectivity index (χ3v) is 5.32. The maximum atomic E-state index is 12.4. The Hall–Kier alpha value is -1.99. The van der Waals surface area contributed by atoms with Crippen LogP contribution in [-0.2, 0) is 20.7 Å². The number of nitrogens with one attached hydrogen (secondary N) is 1. The van der Waals surface area contributed by atoms with Gasteiger partial charge in [0.2, 0.25) is 11.8 Å². The number of aromatic nitrogens is 1. The second-order valence-corrected chi connectivity index (χ2v) is 7.37. The number of pyridine rings is 1. The number of carbonyl (C=O) groups is 2. The zero-order valence-corrected chi connectivity index (χ0v) is 15.7. The van der Waals surface area contributed by atoms with E-state index < -0.39 is 6.10 Å². The molecule has 3 heterocycles. The number of amides is 2. The molecule has 0 saturated carbocycles. The van der Waals surface area contributed by atoms with Crippen LogP contribution < -0.4 is 5.32 Å². The fraction of sp³-hybridized carbons (Fsp3) is 0.650. The summed E-state index contributed by atoms with van der Waals surface area (Å²) < 4.78 is 5.93. The molecule has 2 amide bonds. The Morgan fingerprint density at radius 3 is 2.74 bits per heavy atom. The molecule has 148 valence electrons. The highest BCUT2D eigenvalue weighted by Gasteiger charge is 2.33. The lowest BCUT2D eigenvalue weighted by Crippen LogP contribution is -2.52. The van der Waals surface area contributed by atoms with Crippen molar-refractivity contribution in [2.45, 2.75) is 63.2 Å². The Kier molecular flexibility index (Phi) is 7.18. The molecule has 0 aliphatic carbocycles. The third-order valence-electron chi connectivity index (χ3n) is 5.32. The van der Waals surface area contributed by atoms with Gasteiger partial charge in [-0.15, -0.1) is 0 Å². The predicted octanol–water partition coefficient (Wildman–Crippen LogP) is 1.05. The number of hydrogen-bond acceptors (Lipinski definition) is 5. The molecule has 7 heteroatoms. The number of likely N-dealkylation sites (tertiary alicyclic amines) is 1. The van der Waals surface area contributed by atoms with Crippen LogP contribution in [0.5, 0.6) is 0 Å². The molecule has 27 heavy (non-hydrogen) atoms. The summed E-state index contributed by atoms with van der Waals surface area (Å²) in [6.07, 6.45) is 6.26. The summed E-state index contributed by atoms with van der Waals surface area (Å²) >= 11 is 0. The molecule has 3 atom stereocenters. The maximum Gasteiger partial charge on any atom is 0.226 e. The highest BCUT2D eigenvalue weighted by Crippen LogP contribution is 2.23. The largest absolute Gasteiger partial charge is 0.394 e. The van der Waals surface area contributed by atoms with Gasteiger partial charge < -0.3 is 20.1 Å². The SMILES string of the molecule is O=C(Cc1ccccn1)N[C@H]1CC[C@H](CC(=O)N2CCCCC2)O[C@H]1CO. The van der Waals surface area contributed by atoms with E-state index in [0.29, 0.717) is 25.0 Å². The van der Waals surface area contributed by atoms with Gasteiger partial charge in [0.25, 0.3) is 0 Å². The molecular weight excluding hydrogens is 346 g/mol. The number of rotatable bonds is 6. The molecule has 0 unspecified atom stereocenters. The van der Waals surface area contributed by atoms with E-state index in [-0.39, 0.29) is 37.0 Å². The Labute approximate surface area is 160 Å². The van der Waals surface area contributed by atoms with Crippen LogP contribution in [0.4, 0.5) is 0 Å². The van der Waals surface area contributed by atoms with E-state index in [4.69, 9.17) is 4.74 Å². The first-order chi connectivity index (χ1) is 13.2. The zero-order valence-electron chi connectivity index (χ0n) is 15.7. The number of carbonyl (C=O) groups excluding carboxylic acids is 2. The number of piperidine rings is 1. The van der Waals surface area contributed by atoms with E-state index in [1.165, 1.54) is 6.42 Å². The fourth-order valence-corrected chi connectivity index (χ4v) is 3.84. The van der Waals surface area contributed by atoms with Gasteiger partial charge in [0, 0.05) is 25.0 Å². The van der Waals surface area contributed by atoms with Crippen LogP contribution in [0.15, 0.2) is 24.4 Å². The van der Waals surface area contributed by atoms with Crippen molar-refractivity contribution in [1.82, 2.24) is 15.2 Å². The van der Waals surface area contributed by atoms with Crippen molar-refractivity contribution >= 4 is 11.8 Å². The topological polar surface area (TPSA) is 91.8 Å². The average Bonchev–Trinajstić information content (AvgIpc) is 2.70. The van der Waals surface area contributed by atoms with E-state index in [9.17, 15) is 14.7 Å². The van der Waals surface area contributed by atoms with Gasteiger partial charge in [-0.25, -0.2) is 0 Å². The zero-order chi connectivity index (χ0) is 19.1. The molecular formula is C20H29N3O4. The van der Waals surface area contributed by atoms with Crippen LogP contribution in [-0.4, -0.2) is 64.8 Å². The van der Waals surface area contributed by atoms with Crippen molar-refractivity contribution in [2.75, 3.05) is 19.7 Å². The summed E-state index contributed by atoms with van der Waals surface area (Å²) in [6, 6.07) is 5.22. The minimum atomic E-state index is -0.481. The number of nitrogens with zero attached hydrogens (tertiary/aromatic N) is 2. The van der Waals surface area contributed by atoms with Crippen molar-refractivity contribution in [3.8, 4) is 0 Å². The Morgan fingerprint density at radius 1 is 1.22 bits per heavy atom. The van der Waals surface area contributed by atoms with E-state index in [2.05, 4.69) is 10.3 Å². The molecule has 2 N–H and O–H groups in total. The van der Waals surface area contributed by atoms with Crippen LogP contribution in [0, 0.1) is 0 Å². The van der Waals surface area contributed by atoms with Gasteiger partial charge in [-0.1, -0.05) is 6.07 Å². The van der Waals surface area contributed by atoms with E-state index in [1.807, 2.05) is 23.1 Å². The number of hydrogen-bond donors (Lipinski definition) is 2. The van der Waals surface area contributed by atoms with Gasteiger partial charge in [-0.3, -0.25) is 14.6 Å². The van der Waals surface area contributed by atoms with Gasteiger partial charge in [0.05, 0.1) is 31.6 Å². The van der Waals surface area contributed by atoms with Gasteiger partial charge in [0.15, 0.2) is 0 Å². The van der Waals surface area contributed by atoms with Crippen molar-refractivity contribution in [3.63, 3.8) is 0 Å². The minimum absolute atomic E-state index is 0.133. The van der Waals surface area contributed by atoms with Crippen molar-refractivity contribution in [2.24, 2.45) is 0 Å². The standard InChI is InChI=1S/C20H29N3O4/c24-14-18-17(22-19(25)12-15-6-2-3-9-21-15)8-7-16(27-18)13-20(26)23-10-4-1-5-11-23/h2-3,6,9,16-18,24H,1,4-5,7-8,10-14H2,(H,22,25)/t16-,17+,18+/m1/s1. The highest BCUT2D eigenvalue weighted by atomic mass is 16.5. The van der Waals surface area contributed by atoms with Crippen LogP contribution in [0.3, 0.4) is 0 Å². The fourth-order valence-electron chi connectivity index (χ4n) is 3.84. The second kappa shape index (κ2) is 9.80. The molecule has 0 aromatic carbocycles. The predicted molar refractivity (Wildman–Crippen MR) is 99.9 cm³/mol. The minimum Gasteiger partial charge on any atom is -0.394 e. The van der Waals surface area contributed by atoms with E-state index >= 15 is 0 Å². The van der Waals surface area contributed by atoms with Crippen LogP contribution in [0.1, 0.15) is 44.2 Å². The van der Waals surface area contributed by atoms with Crippen LogP contribution >= 0.6 is 0 Å². The van der Waals surface area contributed by atoms with Crippen LogP contribution in [0.2, 0.25) is 0 Å². The maximum absolute atomic E-state index is 12.4. The number of aliphatic hydroxyl groups is 1. The van der Waals surface area contributed by atoms with Gasteiger partial charge >= 0.3 is 0 Å².